The van der Waals surface area contributed by atoms with E-state index in [0.717, 1.165) is 24.0 Å². The Morgan fingerprint density at radius 3 is 1.64 bits per heavy atom. The summed E-state index contributed by atoms with van der Waals surface area (Å²) in [7, 11) is 0. The molecular formula is C34H47NO10. The number of nitrogens with two attached hydrogens (primary N) is 1. The first-order valence-corrected chi connectivity index (χ1v) is 14.5. The van der Waals surface area contributed by atoms with Gasteiger partial charge >= 0.3 is 23.9 Å². The molecule has 3 rings (SSSR count). The largest absolute Gasteiger partial charge is 0.478 e. The number of aryl methyl sites for hydroxylation is 2. The van der Waals surface area contributed by atoms with Crippen LogP contribution in [0.5, 0.6) is 0 Å². The summed E-state index contributed by atoms with van der Waals surface area (Å²) in [5, 5.41) is 28.2. The molecule has 5 N–H and O–H groups in total. The summed E-state index contributed by atoms with van der Waals surface area (Å²) in [6, 6.07) is 12.1. The van der Waals surface area contributed by atoms with E-state index in [1.807, 2.05) is 6.08 Å². The average molecular weight is 630 g/mol. The number of ether oxygens (including phenoxy) is 3. The van der Waals surface area contributed by atoms with Gasteiger partial charge in [0.15, 0.2) is 0 Å². The molecule has 248 valence electrons. The highest BCUT2D eigenvalue weighted by molar-refractivity contribution is 5.95. The van der Waals surface area contributed by atoms with E-state index in [1.165, 1.54) is 24.3 Å². The molecule has 1 aliphatic rings. The highest BCUT2D eigenvalue weighted by Crippen LogP contribution is 2.38. The third-order valence-corrected chi connectivity index (χ3v) is 7.54. The first-order chi connectivity index (χ1) is 20.8. The lowest BCUT2D eigenvalue weighted by Crippen LogP contribution is -2.45. The number of aliphatic carboxylic acids is 2. The smallest absolute Gasteiger partial charge is 0.349 e. The maximum absolute atomic E-state index is 12.2. The van der Waals surface area contributed by atoms with Gasteiger partial charge in [0, 0.05) is 13.0 Å². The van der Waals surface area contributed by atoms with Crippen LogP contribution in [-0.4, -0.2) is 76.3 Å². The van der Waals surface area contributed by atoms with E-state index in [1.54, 1.807) is 38.1 Å². The van der Waals surface area contributed by atoms with E-state index in [0.29, 0.717) is 24.8 Å². The van der Waals surface area contributed by atoms with Crippen molar-refractivity contribution in [2.75, 3.05) is 6.54 Å². The van der Waals surface area contributed by atoms with Crippen LogP contribution < -0.4 is 5.73 Å². The summed E-state index contributed by atoms with van der Waals surface area (Å²) in [6.45, 7) is 12.1. The standard InChI is InChI=1S/C20H18O8.C13H25NO2.CH4/c1-11-3-7-13(8-4-11)19(25)27-15(17(21)22)16(18(23)24)28-20(26)14-9-5-12(2)6-10-14;1-4-6-12-11(5-2)9(3)13(16-12)7-10(15)8-14;/h3-10,15-16H,1-2H3,(H,21,22)(H,23,24);4,9-13,15H,1,5-8,14H2,2-3H3;1H4/t15-,16-;9-,10+,11-,12+,13-;/m11./s1. The zero-order valence-electron chi connectivity index (χ0n) is 25.5. The van der Waals surface area contributed by atoms with Gasteiger partial charge in [0.1, 0.15) is 0 Å². The lowest BCUT2D eigenvalue weighted by atomic mass is 9.84. The molecule has 1 aliphatic heterocycles. The molecule has 1 heterocycles. The zero-order valence-corrected chi connectivity index (χ0v) is 25.5. The normalized spacial score (nSPS) is 20.7. The molecule has 2 aromatic carbocycles. The molecule has 2 aromatic rings. The van der Waals surface area contributed by atoms with Crippen molar-refractivity contribution in [3.8, 4) is 0 Å². The molecule has 0 amide bonds. The van der Waals surface area contributed by atoms with Crippen LogP contribution in [0.25, 0.3) is 0 Å². The molecule has 11 heteroatoms. The number of carbonyl (C=O) groups is 4. The van der Waals surface area contributed by atoms with Gasteiger partial charge in [-0.3, -0.25) is 0 Å². The Morgan fingerprint density at radius 1 is 0.889 bits per heavy atom. The lowest BCUT2D eigenvalue weighted by Gasteiger charge is -2.21. The van der Waals surface area contributed by atoms with Gasteiger partial charge in [0.05, 0.1) is 29.4 Å². The number of rotatable bonds is 13. The average Bonchev–Trinajstić information content (AvgIpc) is 3.28. The first kappa shape index (κ1) is 39.0. The molecule has 0 unspecified atom stereocenters. The van der Waals surface area contributed by atoms with Gasteiger partial charge in [-0.25, -0.2) is 19.2 Å². The van der Waals surface area contributed by atoms with Gasteiger partial charge in [0.25, 0.3) is 0 Å². The predicted molar refractivity (Wildman–Crippen MR) is 169 cm³/mol. The van der Waals surface area contributed by atoms with Crippen molar-refractivity contribution < 1.29 is 48.7 Å². The van der Waals surface area contributed by atoms with Crippen LogP contribution in [-0.2, 0) is 23.8 Å². The van der Waals surface area contributed by atoms with E-state index in [2.05, 4.69) is 20.4 Å². The molecule has 0 bridgehead atoms. The van der Waals surface area contributed by atoms with Crippen molar-refractivity contribution in [3.05, 3.63) is 83.4 Å². The molecule has 45 heavy (non-hydrogen) atoms. The fourth-order valence-corrected chi connectivity index (χ4v) is 4.96. The second-order valence-electron chi connectivity index (χ2n) is 10.9. The van der Waals surface area contributed by atoms with E-state index >= 15 is 0 Å². The summed E-state index contributed by atoms with van der Waals surface area (Å²) < 4.78 is 15.6. The van der Waals surface area contributed by atoms with Gasteiger partial charge in [-0.15, -0.1) is 6.58 Å². The van der Waals surface area contributed by atoms with Crippen molar-refractivity contribution >= 4 is 23.9 Å². The summed E-state index contributed by atoms with van der Waals surface area (Å²) in [4.78, 5) is 47.3. The van der Waals surface area contributed by atoms with E-state index in [-0.39, 0.29) is 30.8 Å². The number of carboxylic acid groups (broad SMARTS) is 2. The molecule has 0 saturated carbocycles. The van der Waals surface area contributed by atoms with Crippen LogP contribution in [0, 0.1) is 25.7 Å². The number of carbonyl (C=O) groups excluding carboxylic acids is 2. The van der Waals surface area contributed by atoms with Crippen molar-refractivity contribution in [2.24, 2.45) is 17.6 Å². The van der Waals surface area contributed by atoms with Gasteiger partial charge in [0.2, 0.25) is 12.2 Å². The number of aliphatic hydroxyl groups excluding tert-OH is 1. The summed E-state index contributed by atoms with van der Waals surface area (Å²) in [6.07, 6.45) is 0.131. The molecule has 0 aliphatic carbocycles. The summed E-state index contributed by atoms with van der Waals surface area (Å²) >= 11 is 0. The second-order valence-corrected chi connectivity index (χ2v) is 10.9. The number of aliphatic hydroxyl groups is 1. The van der Waals surface area contributed by atoms with Gasteiger partial charge in [-0.2, -0.15) is 0 Å². The minimum absolute atomic E-state index is 0. The fraction of sp³-hybridized carbons (Fsp3) is 0.471. The maximum Gasteiger partial charge on any atom is 0.349 e. The predicted octanol–water partition coefficient (Wildman–Crippen LogP) is 4.56. The summed E-state index contributed by atoms with van der Waals surface area (Å²) in [5.74, 6) is -4.55. The summed E-state index contributed by atoms with van der Waals surface area (Å²) in [5.41, 5.74) is 7.23. The van der Waals surface area contributed by atoms with Crippen LogP contribution >= 0.6 is 0 Å². The zero-order chi connectivity index (χ0) is 33.0. The molecule has 1 saturated heterocycles. The molecule has 0 spiro atoms. The molecule has 1 fully saturated rings. The quantitative estimate of drug-likeness (QED) is 0.180. The van der Waals surface area contributed by atoms with Crippen LogP contribution in [0.2, 0.25) is 0 Å². The topological polar surface area (TPSA) is 183 Å². The van der Waals surface area contributed by atoms with E-state index < -0.39 is 42.2 Å². The van der Waals surface area contributed by atoms with Crippen LogP contribution in [0.15, 0.2) is 61.2 Å². The first-order valence-electron chi connectivity index (χ1n) is 14.5. The number of benzene rings is 2. The fourth-order valence-electron chi connectivity index (χ4n) is 4.96. The Labute approximate surface area is 265 Å². The van der Waals surface area contributed by atoms with Crippen LogP contribution in [0.4, 0.5) is 0 Å². The Morgan fingerprint density at radius 2 is 1.31 bits per heavy atom. The van der Waals surface area contributed by atoms with Crippen molar-refractivity contribution in [1.82, 2.24) is 0 Å². The molecule has 0 aromatic heterocycles. The Kier molecular flexibility index (Phi) is 16.2. The third-order valence-electron chi connectivity index (χ3n) is 7.54. The van der Waals surface area contributed by atoms with Crippen molar-refractivity contribution in [2.45, 2.75) is 84.9 Å². The minimum Gasteiger partial charge on any atom is -0.478 e. The molecular weight excluding hydrogens is 582 g/mol. The van der Waals surface area contributed by atoms with Gasteiger partial charge < -0.3 is 35.3 Å². The monoisotopic (exact) mass is 629 g/mol. The molecule has 11 nitrogen and oxygen atoms in total. The van der Waals surface area contributed by atoms with Crippen LogP contribution in [0.1, 0.15) is 72.4 Å². The minimum atomic E-state index is -2.22. The Hall–Kier alpha value is -4.06. The third kappa shape index (κ3) is 11.4. The SMILES string of the molecule is C.C=CC[C@@H]1O[C@H](C[C@H](O)CN)[C@H](C)[C@H]1CC.Cc1ccc(C(=O)O[C@@H](C(=O)O)[C@@H](OC(=O)c2ccc(C)cc2)C(=O)O)cc1. The Bertz CT molecular complexity index is 1190. The van der Waals surface area contributed by atoms with E-state index in [9.17, 15) is 34.5 Å². The van der Waals surface area contributed by atoms with Crippen molar-refractivity contribution in [3.63, 3.8) is 0 Å². The highest BCUT2D eigenvalue weighted by Gasteiger charge is 2.41. The number of esters is 2. The lowest BCUT2D eigenvalue weighted by molar-refractivity contribution is -0.166. The number of hydrogen-bond donors (Lipinski definition) is 4. The highest BCUT2D eigenvalue weighted by atomic mass is 16.6. The van der Waals surface area contributed by atoms with Crippen LogP contribution in [0.3, 0.4) is 0 Å². The molecule has 7 atom stereocenters. The maximum atomic E-state index is 12.2. The van der Waals surface area contributed by atoms with Crippen molar-refractivity contribution in [1.29, 1.82) is 0 Å². The Balaban J connectivity index is 0.000000508. The van der Waals surface area contributed by atoms with Gasteiger partial charge in [-0.05, 0) is 56.4 Å². The van der Waals surface area contributed by atoms with E-state index in [4.69, 9.17) is 19.9 Å². The van der Waals surface area contributed by atoms with Gasteiger partial charge in [-0.1, -0.05) is 69.2 Å². The number of carboxylic acids is 2. The molecule has 0 radical (unpaired) electrons. The number of hydrogen-bond acceptors (Lipinski definition) is 9. The second kappa shape index (κ2) is 18.7.